The lowest BCUT2D eigenvalue weighted by molar-refractivity contribution is -0.384. The number of nitro groups is 1. The van der Waals surface area contributed by atoms with Crippen LogP contribution in [0.2, 0.25) is 0 Å². The van der Waals surface area contributed by atoms with E-state index in [4.69, 9.17) is 0 Å². The molecule has 31 heavy (non-hydrogen) atoms. The minimum Gasteiger partial charge on any atom is -0.325 e. The molecule has 0 unspecified atom stereocenters. The number of nitro benzene ring substituents is 1. The first-order valence-corrected chi connectivity index (χ1v) is 10.5. The fourth-order valence-corrected chi connectivity index (χ4v) is 4.20. The van der Waals surface area contributed by atoms with Gasteiger partial charge in [-0.2, -0.15) is 5.26 Å². The molecule has 0 aliphatic carbocycles. The van der Waals surface area contributed by atoms with Crippen LogP contribution in [-0.2, 0) is 9.59 Å². The normalized spacial score (nSPS) is 15.8. The highest BCUT2D eigenvalue weighted by Crippen LogP contribution is 2.36. The Labute approximate surface area is 183 Å². The lowest BCUT2D eigenvalue weighted by Gasteiger charge is -2.25. The van der Waals surface area contributed by atoms with E-state index in [1.54, 1.807) is 12.1 Å². The molecule has 2 amide bonds. The summed E-state index contributed by atoms with van der Waals surface area (Å²) in [4.78, 5) is 35.0. The lowest BCUT2D eigenvalue weighted by Crippen LogP contribution is -2.31. The standard InChI is InChI=1S/C22H20N4O4S/c1-13-3-8-19(14(2)9-13)24-21(28)12-31-22-18(11-23)17(10-20(27)25-22)15-4-6-16(7-5-15)26(29)30/h3-9,17H,10,12H2,1-2H3,(H,24,28)(H,25,27)/t17-/m0/s1. The van der Waals surface area contributed by atoms with Gasteiger partial charge in [-0.15, -0.1) is 0 Å². The van der Waals surface area contributed by atoms with Gasteiger partial charge in [0.05, 0.1) is 27.3 Å². The molecule has 158 valence electrons. The van der Waals surface area contributed by atoms with Gasteiger partial charge in [-0.1, -0.05) is 41.6 Å². The highest BCUT2D eigenvalue weighted by atomic mass is 32.2. The highest BCUT2D eigenvalue weighted by molar-refractivity contribution is 8.03. The average molecular weight is 436 g/mol. The number of allylic oxidation sites excluding steroid dienone is 1. The Hall–Kier alpha value is -3.64. The number of anilines is 1. The quantitative estimate of drug-likeness (QED) is 0.522. The molecule has 9 heteroatoms. The summed E-state index contributed by atoms with van der Waals surface area (Å²) in [6.07, 6.45) is 0.0551. The highest BCUT2D eigenvalue weighted by Gasteiger charge is 2.30. The number of carbonyl (C=O) groups excluding carboxylic acids is 2. The Balaban J connectivity index is 1.76. The zero-order chi connectivity index (χ0) is 22.5. The maximum absolute atomic E-state index is 12.4. The molecule has 8 nitrogen and oxygen atoms in total. The largest absolute Gasteiger partial charge is 0.325 e. The second-order valence-electron chi connectivity index (χ2n) is 7.16. The number of thioether (sulfide) groups is 1. The fourth-order valence-electron chi connectivity index (χ4n) is 3.32. The van der Waals surface area contributed by atoms with Crippen molar-refractivity contribution in [2.24, 2.45) is 0 Å². The number of aryl methyl sites for hydroxylation is 2. The predicted molar refractivity (Wildman–Crippen MR) is 118 cm³/mol. The maximum Gasteiger partial charge on any atom is 0.269 e. The van der Waals surface area contributed by atoms with Crippen LogP contribution >= 0.6 is 11.8 Å². The zero-order valence-corrected chi connectivity index (χ0v) is 17.8. The van der Waals surface area contributed by atoms with Gasteiger partial charge >= 0.3 is 0 Å². The molecule has 2 aromatic carbocycles. The smallest absolute Gasteiger partial charge is 0.269 e. The molecule has 0 aromatic heterocycles. The SMILES string of the molecule is Cc1ccc(NC(=O)CSC2=C(C#N)[C@H](c3ccc([N+](=O)[O-])cc3)CC(=O)N2)c(C)c1. The van der Waals surface area contributed by atoms with Gasteiger partial charge in [-0.25, -0.2) is 0 Å². The first kappa shape index (κ1) is 22.1. The van der Waals surface area contributed by atoms with Gasteiger partial charge in [0.2, 0.25) is 11.8 Å². The molecule has 1 atom stereocenters. The van der Waals surface area contributed by atoms with Crippen LogP contribution in [0.1, 0.15) is 29.0 Å². The summed E-state index contributed by atoms with van der Waals surface area (Å²) in [5, 5.41) is 26.4. The number of carbonyl (C=O) groups is 2. The van der Waals surface area contributed by atoms with Crippen LogP contribution in [0.3, 0.4) is 0 Å². The molecule has 0 bridgehead atoms. The van der Waals surface area contributed by atoms with Crippen molar-refractivity contribution in [3.05, 3.63) is 79.9 Å². The van der Waals surface area contributed by atoms with Gasteiger partial charge in [0.25, 0.3) is 5.69 Å². The van der Waals surface area contributed by atoms with Crippen molar-refractivity contribution in [1.82, 2.24) is 5.32 Å². The molecule has 2 aromatic rings. The molecule has 1 aliphatic rings. The van der Waals surface area contributed by atoms with Crippen molar-refractivity contribution >= 4 is 35.0 Å². The molecular formula is C22H20N4O4S. The molecule has 0 saturated heterocycles. The number of non-ortho nitro benzene ring substituents is 1. The van der Waals surface area contributed by atoms with E-state index >= 15 is 0 Å². The number of benzene rings is 2. The number of rotatable bonds is 6. The molecule has 0 radical (unpaired) electrons. The number of hydrogen-bond donors (Lipinski definition) is 2. The Morgan fingerprint density at radius 1 is 1.29 bits per heavy atom. The molecule has 2 N–H and O–H groups in total. The van der Waals surface area contributed by atoms with Crippen LogP contribution in [0.4, 0.5) is 11.4 Å². The van der Waals surface area contributed by atoms with Crippen LogP contribution in [0.25, 0.3) is 0 Å². The van der Waals surface area contributed by atoms with E-state index in [0.29, 0.717) is 21.9 Å². The third-order valence-electron chi connectivity index (χ3n) is 4.87. The van der Waals surface area contributed by atoms with Crippen molar-refractivity contribution in [2.45, 2.75) is 26.2 Å². The average Bonchev–Trinajstić information content (AvgIpc) is 2.74. The second kappa shape index (κ2) is 9.45. The van der Waals surface area contributed by atoms with Gasteiger partial charge in [-0.3, -0.25) is 19.7 Å². The topological polar surface area (TPSA) is 125 Å². The lowest BCUT2D eigenvalue weighted by atomic mass is 9.87. The second-order valence-corrected chi connectivity index (χ2v) is 8.15. The number of nitrogens with zero attached hydrogens (tertiary/aromatic N) is 2. The van der Waals surface area contributed by atoms with Crippen molar-refractivity contribution in [2.75, 3.05) is 11.1 Å². The minimum atomic E-state index is -0.524. The molecular weight excluding hydrogens is 416 g/mol. The van der Waals surface area contributed by atoms with Crippen molar-refractivity contribution < 1.29 is 14.5 Å². The summed E-state index contributed by atoms with van der Waals surface area (Å²) in [5.41, 5.74) is 3.65. The van der Waals surface area contributed by atoms with Crippen LogP contribution < -0.4 is 10.6 Å². The van der Waals surface area contributed by atoms with Crippen LogP contribution in [0.15, 0.2) is 53.1 Å². The summed E-state index contributed by atoms with van der Waals surface area (Å²) in [5.74, 6) is -1.04. The van der Waals surface area contributed by atoms with E-state index in [-0.39, 0.29) is 29.7 Å². The first-order chi connectivity index (χ1) is 14.8. The monoisotopic (exact) mass is 436 g/mol. The van der Waals surface area contributed by atoms with Gasteiger partial charge in [0.1, 0.15) is 0 Å². The zero-order valence-electron chi connectivity index (χ0n) is 17.0. The Morgan fingerprint density at radius 3 is 2.61 bits per heavy atom. The van der Waals surface area contributed by atoms with Crippen LogP contribution in [0, 0.1) is 35.3 Å². The first-order valence-electron chi connectivity index (χ1n) is 9.47. The van der Waals surface area contributed by atoms with Gasteiger partial charge < -0.3 is 10.6 Å². The van der Waals surface area contributed by atoms with Crippen LogP contribution in [0.5, 0.6) is 0 Å². The summed E-state index contributed by atoms with van der Waals surface area (Å²) in [6.45, 7) is 3.87. The summed E-state index contributed by atoms with van der Waals surface area (Å²) >= 11 is 1.08. The summed E-state index contributed by atoms with van der Waals surface area (Å²) in [7, 11) is 0. The van der Waals surface area contributed by atoms with Crippen molar-refractivity contribution in [1.29, 1.82) is 5.26 Å². The maximum atomic E-state index is 12.4. The molecule has 3 rings (SSSR count). The number of nitrogens with one attached hydrogen (secondary N) is 2. The van der Waals surface area contributed by atoms with E-state index in [0.717, 1.165) is 22.9 Å². The minimum absolute atomic E-state index is 0.0150. The molecule has 1 heterocycles. The number of hydrogen-bond acceptors (Lipinski definition) is 6. The third-order valence-corrected chi connectivity index (χ3v) is 5.88. The van der Waals surface area contributed by atoms with Crippen molar-refractivity contribution in [3.8, 4) is 6.07 Å². The van der Waals surface area contributed by atoms with E-state index in [9.17, 15) is 25.0 Å². The fraction of sp³-hybridized carbons (Fsp3) is 0.227. The summed E-state index contributed by atoms with van der Waals surface area (Å²) < 4.78 is 0. The Morgan fingerprint density at radius 2 is 2.00 bits per heavy atom. The molecule has 0 saturated carbocycles. The Bertz CT molecular complexity index is 1120. The van der Waals surface area contributed by atoms with E-state index in [2.05, 4.69) is 16.7 Å². The predicted octanol–water partition coefficient (Wildman–Crippen LogP) is 3.92. The Kier molecular flexibility index (Phi) is 6.72. The molecule has 0 spiro atoms. The van der Waals surface area contributed by atoms with E-state index < -0.39 is 10.8 Å². The van der Waals surface area contributed by atoms with Gasteiger partial charge in [0, 0.05) is 30.2 Å². The molecule has 0 fully saturated rings. The van der Waals surface area contributed by atoms with Gasteiger partial charge in [0.15, 0.2) is 0 Å². The van der Waals surface area contributed by atoms with E-state index in [1.165, 1.54) is 12.1 Å². The molecule has 1 aliphatic heterocycles. The van der Waals surface area contributed by atoms with Crippen LogP contribution in [-0.4, -0.2) is 22.5 Å². The van der Waals surface area contributed by atoms with E-state index in [1.807, 2.05) is 32.0 Å². The number of amides is 2. The number of nitriles is 1. The van der Waals surface area contributed by atoms with Crippen molar-refractivity contribution in [3.63, 3.8) is 0 Å². The summed E-state index contributed by atoms with van der Waals surface area (Å²) in [6, 6.07) is 13.6. The third kappa shape index (κ3) is 5.29. The van der Waals surface area contributed by atoms with Gasteiger partial charge in [-0.05, 0) is 31.0 Å².